The fraction of sp³-hybridized carbons (Fsp3) is 0.167. The summed E-state index contributed by atoms with van der Waals surface area (Å²) in [5.41, 5.74) is 2.70. The molecule has 0 aromatic heterocycles. The van der Waals surface area contributed by atoms with Crippen molar-refractivity contribution in [3.05, 3.63) is 59.7 Å². The summed E-state index contributed by atoms with van der Waals surface area (Å²) < 4.78 is 0. The summed E-state index contributed by atoms with van der Waals surface area (Å²) in [5.74, 6) is -1.74. The molecule has 1 fully saturated rings. The molecule has 1 aliphatic heterocycles. The maximum Gasteiger partial charge on any atom is 0.335 e. The van der Waals surface area contributed by atoms with Crippen LogP contribution >= 0.6 is 0 Å². The van der Waals surface area contributed by atoms with Crippen LogP contribution in [0.1, 0.15) is 34.7 Å². The first kappa shape index (κ1) is 15.7. The molecule has 0 saturated carbocycles. The zero-order valence-electron chi connectivity index (χ0n) is 12.8. The maximum atomic E-state index is 11.9. The second-order valence-electron chi connectivity index (χ2n) is 5.63. The van der Waals surface area contributed by atoms with Crippen LogP contribution in [0.4, 0.5) is 11.4 Å². The van der Waals surface area contributed by atoms with E-state index in [0.717, 1.165) is 16.9 Å². The highest BCUT2D eigenvalue weighted by Gasteiger charge is 2.27. The first-order valence-corrected chi connectivity index (χ1v) is 7.57. The van der Waals surface area contributed by atoms with Gasteiger partial charge < -0.3 is 10.4 Å². The molecule has 0 spiro atoms. The number of amides is 2. The van der Waals surface area contributed by atoms with Gasteiger partial charge >= 0.3 is 5.97 Å². The molecule has 1 aliphatic rings. The van der Waals surface area contributed by atoms with Crippen molar-refractivity contribution in [1.82, 2.24) is 5.32 Å². The molecule has 1 unspecified atom stereocenters. The molecule has 0 aliphatic carbocycles. The summed E-state index contributed by atoms with van der Waals surface area (Å²) in [6, 6.07) is 13.9. The number of benzene rings is 2. The predicted octanol–water partition coefficient (Wildman–Crippen LogP) is 2.65. The third-order valence-corrected chi connectivity index (χ3v) is 3.97. The lowest BCUT2D eigenvalue weighted by Gasteiger charge is -2.21. The van der Waals surface area contributed by atoms with E-state index in [0.29, 0.717) is 12.8 Å². The minimum absolute atomic E-state index is 0.223. The SMILES string of the molecule is O=C1CCC(c2ccc(Nc3ccc(C(=O)O)cc3)cc2)C(=O)N1. The Hall–Kier alpha value is -3.15. The molecular weight excluding hydrogens is 308 g/mol. The Morgan fingerprint density at radius 3 is 2.12 bits per heavy atom. The van der Waals surface area contributed by atoms with Crippen molar-refractivity contribution >= 4 is 29.2 Å². The molecule has 6 heteroatoms. The smallest absolute Gasteiger partial charge is 0.335 e. The molecule has 24 heavy (non-hydrogen) atoms. The zero-order chi connectivity index (χ0) is 17.1. The number of carbonyl (C=O) groups is 3. The van der Waals surface area contributed by atoms with Gasteiger partial charge in [-0.05, 0) is 48.4 Å². The lowest BCUT2D eigenvalue weighted by Crippen LogP contribution is -2.39. The Balaban J connectivity index is 1.69. The van der Waals surface area contributed by atoms with Crippen LogP contribution in [-0.4, -0.2) is 22.9 Å². The summed E-state index contributed by atoms with van der Waals surface area (Å²) in [5, 5.41) is 14.4. The predicted molar refractivity (Wildman–Crippen MR) is 88.3 cm³/mol. The highest BCUT2D eigenvalue weighted by Crippen LogP contribution is 2.26. The van der Waals surface area contributed by atoms with Gasteiger partial charge in [-0.1, -0.05) is 12.1 Å². The molecular formula is C18H16N2O4. The molecule has 3 rings (SSSR count). The van der Waals surface area contributed by atoms with Gasteiger partial charge in [0.05, 0.1) is 11.5 Å². The largest absolute Gasteiger partial charge is 0.478 e. The van der Waals surface area contributed by atoms with Gasteiger partial charge in [0.15, 0.2) is 0 Å². The Bertz CT molecular complexity index is 782. The lowest BCUT2D eigenvalue weighted by atomic mass is 9.90. The molecule has 3 N–H and O–H groups in total. The monoisotopic (exact) mass is 324 g/mol. The van der Waals surface area contributed by atoms with Crippen LogP contribution in [0.2, 0.25) is 0 Å². The van der Waals surface area contributed by atoms with Crippen molar-refractivity contribution in [2.75, 3.05) is 5.32 Å². The number of imide groups is 1. The Morgan fingerprint density at radius 2 is 1.58 bits per heavy atom. The standard InChI is InChI=1S/C18H16N2O4/c21-16-10-9-15(17(22)20-16)11-1-5-13(6-2-11)19-14-7-3-12(4-8-14)18(23)24/h1-8,15,19H,9-10H2,(H,23,24)(H,20,21,22). The minimum atomic E-state index is -0.963. The second-order valence-corrected chi connectivity index (χ2v) is 5.63. The van der Waals surface area contributed by atoms with E-state index >= 15 is 0 Å². The van der Waals surface area contributed by atoms with E-state index in [1.54, 1.807) is 12.1 Å². The molecule has 122 valence electrons. The molecule has 1 saturated heterocycles. The second kappa shape index (κ2) is 6.54. The fourth-order valence-electron chi connectivity index (χ4n) is 2.67. The van der Waals surface area contributed by atoms with Crippen LogP contribution in [0.25, 0.3) is 0 Å². The van der Waals surface area contributed by atoms with E-state index in [1.165, 1.54) is 12.1 Å². The number of rotatable bonds is 4. The summed E-state index contributed by atoms with van der Waals surface area (Å²) in [6.45, 7) is 0. The summed E-state index contributed by atoms with van der Waals surface area (Å²) >= 11 is 0. The van der Waals surface area contributed by atoms with Crippen molar-refractivity contribution < 1.29 is 19.5 Å². The summed E-state index contributed by atoms with van der Waals surface area (Å²) in [6.07, 6.45) is 0.875. The normalized spacial score (nSPS) is 17.2. The number of carbonyl (C=O) groups excluding carboxylic acids is 2. The van der Waals surface area contributed by atoms with Gasteiger partial charge in [-0.25, -0.2) is 4.79 Å². The first-order valence-electron chi connectivity index (χ1n) is 7.57. The van der Waals surface area contributed by atoms with Crippen molar-refractivity contribution in [3.8, 4) is 0 Å². The number of carboxylic acid groups (broad SMARTS) is 1. The van der Waals surface area contributed by atoms with E-state index in [2.05, 4.69) is 10.6 Å². The van der Waals surface area contributed by atoms with Crippen molar-refractivity contribution in [2.45, 2.75) is 18.8 Å². The Morgan fingerprint density at radius 1 is 1.00 bits per heavy atom. The van der Waals surface area contributed by atoms with Crippen molar-refractivity contribution in [2.24, 2.45) is 0 Å². The van der Waals surface area contributed by atoms with Crippen LogP contribution in [0.5, 0.6) is 0 Å². The number of hydrogen-bond donors (Lipinski definition) is 3. The molecule has 2 aromatic rings. The molecule has 2 aromatic carbocycles. The van der Waals surface area contributed by atoms with Crippen LogP contribution in [0.15, 0.2) is 48.5 Å². The Labute approximate surface area is 138 Å². The molecule has 0 bridgehead atoms. The molecule has 1 heterocycles. The lowest BCUT2D eigenvalue weighted by molar-refractivity contribution is -0.134. The van der Waals surface area contributed by atoms with Crippen LogP contribution in [0, 0.1) is 0 Å². The number of nitrogens with one attached hydrogen (secondary N) is 2. The topological polar surface area (TPSA) is 95.5 Å². The van der Waals surface area contributed by atoms with E-state index in [-0.39, 0.29) is 23.3 Å². The quantitative estimate of drug-likeness (QED) is 0.752. The third kappa shape index (κ3) is 3.43. The van der Waals surface area contributed by atoms with Crippen LogP contribution in [0.3, 0.4) is 0 Å². The third-order valence-electron chi connectivity index (χ3n) is 3.97. The number of hydrogen-bond acceptors (Lipinski definition) is 4. The minimum Gasteiger partial charge on any atom is -0.478 e. The summed E-state index contributed by atoms with van der Waals surface area (Å²) in [7, 11) is 0. The average molecular weight is 324 g/mol. The number of aromatic carboxylic acids is 1. The van der Waals surface area contributed by atoms with Crippen molar-refractivity contribution in [1.29, 1.82) is 0 Å². The van der Waals surface area contributed by atoms with E-state index in [1.807, 2.05) is 24.3 Å². The van der Waals surface area contributed by atoms with Crippen molar-refractivity contribution in [3.63, 3.8) is 0 Å². The number of piperidine rings is 1. The average Bonchev–Trinajstić information content (AvgIpc) is 2.56. The number of anilines is 2. The van der Waals surface area contributed by atoms with Crippen LogP contribution in [-0.2, 0) is 9.59 Å². The van der Waals surface area contributed by atoms with E-state index in [9.17, 15) is 14.4 Å². The first-order chi connectivity index (χ1) is 11.5. The highest BCUT2D eigenvalue weighted by atomic mass is 16.4. The van der Waals surface area contributed by atoms with E-state index < -0.39 is 5.97 Å². The molecule has 2 amide bonds. The fourth-order valence-corrected chi connectivity index (χ4v) is 2.67. The zero-order valence-corrected chi connectivity index (χ0v) is 12.8. The van der Waals surface area contributed by atoms with Gasteiger partial charge in [-0.15, -0.1) is 0 Å². The molecule has 1 atom stereocenters. The van der Waals surface area contributed by atoms with Crippen LogP contribution < -0.4 is 10.6 Å². The van der Waals surface area contributed by atoms with Gasteiger partial charge in [0, 0.05) is 17.8 Å². The highest BCUT2D eigenvalue weighted by molar-refractivity contribution is 6.00. The molecule has 6 nitrogen and oxygen atoms in total. The maximum absolute atomic E-state index is 11.9. The Kier molecular flexibility index (Phi) is 4.29. The number of carboxylic acids is 1. The van der Waals surface area contributed by atoms with Gasteiger partial charge in [-0.2, -0.15) is 0 Å². The molecule has 0 radical (unpaired) electrons. The van der Waals surface area contributed by atoms with Gasteiger partial charge in [0.25, 0.3) is 0 Å². The van der Waals surface area contributed by atoms with Gasteiger partial charge in [0.2, 0.25) is 11.8 Å². The van der Waals surface area contributed by atoms with Gasteiger partial charge in [0.1, 0.15) is 0 Å². The van der Waals surface area contributed by atoms with E-state index in [4.69, 9.17) is 5.11 Å². The van der Waals surface area contributed by atoms with Gasteiger partial charge in [-0.3, -0.25) is 14.9 Å². The summed E-state index contributed by atoms with van der Waals surface area (Å²) in [4.78, 5) is 33.9.